The molecule has 0 radical (unpaired) electrons. The van der Waals surface area contributed by atoms with Crippen molar-refractivity contribution in [3.8, 4) is 0 Å². The van der Waals surface area contributed by atoms with Gasteiger partial charge in [0.25, 0.3) is 0 Å². The van der Waals surface area contributed by atoms with Crippen molar-refractivity contribution in [3.05, 3.63) is 35.1 Å². The summed E-state index contributed by atoms with van der Waals surface area (Å²) in [5.74, 6) is 1.64. The van der Waals surface area contributed by atoms with Crippen LogP contribution in [0, 0.1) is 0 Å². The number of carbonyl (C=O) groups is 1. The number of nitrogens with two attached hydrogens (primary N) is 2. The summed E-state index contributed by atoms with van der Waals surface area (Å²) in [7, 11) is 0. The monoisotopic (exact) mass is 379 g/mol. The average Bonchev–Trinajstić information content (AvgIpc) is 2.51. The van der Waals surface area contributed by atoms with Gasteiger partial charge >= 0.3 is 12.1 Å². The first-order valence-corrected chi connectivity index (χ1v) is 6.75. The number of aromatic nitrogens is 1. The first kappa shape index (κ1) is 20.2. The van der Waals surface area contributed by atoms with Crippen LogP contribution < -0.4 is 22.4 Å². The van der Waals surface area contributed by atoms with Crippen molar-refractivity contribution in [1.29, 1.82) is 0 Å². The van der Waals surface area contributed by atoms with E-state index in [1.807, 2.05) is 0 Å². The number of hydrazone groups is 1. The summed E-state index contributed by atoms with van der Waals surface area (Å²) in [6.07, 6.45) is -2.49. The van der Waals surface area contributed by atoms with Crippen molar-refractivity contribution >= 4 is 34.9 Å². The summed E-state index contributed by atoms with van der Waals surface area (Å²) in [5.41, 5.74) is 8.71. The molecule has 1 aromatic rings. The highest BCUT2D eigenvalue weighted by Crippen LogP contribution is 2.21. The van der Waals surface area contributed by atoms with Gasteiger partial charge in [-0.05, 0) is 18.2 Å². The van der Waals surface area contributed by atoms with E-state index in [2.05, 4.69) is 26.3 Å². The van der Waals surface area contributed by atoms with Crippen LogP contribution in [0.4, 0.5) is 19.0 Å². The van der Waals surface area contributed by atoms with E-state index in [1.165, 1.54) is 18.3 Å². The maximum absolute atomic E-state index is 12.4. The van der Waals surface area contributed by atoms with Gasteiger partial charge in [-0.25, -0.2) is 20.2 Å². The zero-order chi connectivity index (χ0) is 19.0. The van der Waals surface area contributed by atoms with Gasteiger partial charge in [-0.1, -0.05) is 11.6 Å². The molecule has 0 aliphatic heterocycles. The standard InChI is InChI=1S/C12H13ClF3N7O2/c13-7-2-1-3-19-9(7)21-8(10(24)25)4-6(17)5-20-23-11(22-18)12(14,15)16/h1-4,20H,5,17-18H2,(H,22,23)(H,24,25)/b6-4-,21-8-. The molecule has 0 amide bonds. The molecule has 0 aliphatic rings. The van der Waals surface area contributed by atoms with Gasteiger partial charge < -0.3 is 16.7 Å². The minimum atomic E-state index is -4.79. The molecular weight excluding hydrogens is 367 g/mol. The number of rotatable bonds is 6. The number of aliphatic carboxylic acids is 1. The lowest BCUT2D eigenvalue weighted by Crippen LogP contribution is -2.47. The molecule has 13 heteroatoms. The molecule has 0 saturated carbocycles. The second-order valence-electron chi connectivity index (χ2n) is 4.28. The normalized spacial score (nSPS) is 13.7. The fourth-order valence-electron chi connectivity index (χ4n) is 1.35. The van der Waals surface area contributed by atoms with Crippen molar-refractivity contribution < 1.29 is 23.1 Å². The number of carboxylic acid groups (broad SMARTS) is 1. The van der Waals surface area contributed by atoms with Crippen LogP contribution >= 0.6 is 11.6 Å². The van der Waals surface area contributed by atoms with Crippen LogP contribution in [0.2, 0.25) is 5.02 Å². The van der Waals surface area contributed by atoms with E-state index >= 15 is 0 Å². The second kappa shape index (κ2) is 8.84. The Labute approximate surface area is 144 Å². The second-order valence-corrected chi connectivity index (χ2v) is 4.69. The van der Waals surface area contributed by atoms with Crippen LogP contribution in [0.3, 0.4) is 0 Å². The first-order valence-electron chi connectivity index (χ1n) is 6.37. The molecule has 0 spiro atoms. The van der Waals surface area contributed by atoms with Crippen molar-refractivity contribution in [1.82, 2.24) is 15.8 Å². The van der Waals surface area contributed by atoms with Crippen molar-refractivity contribution in [2.45, 2.75) is 6.18 Å². The highest BCUT2D eigenvalue weighted by Gasteiger charge is 2.36. The predicted molar refractivity (Wildman–Crippen MR) is 85.1 cm³/mol. The summed E-state index contributed by atoms with van der Waals surface area (Å²) in [4.78, 5) is 18.7. The molecule has 0 fully saturated rings. The molecular formula is C12H13ClF3N7O2. The van der Waals surface area contributed by atoms with E-state index in [9.17, 15) is 18.0 Å². The minimum Gasteiger partial charge on any atom is -0.477 e. The number of hydrogen-bond donors (Lipinski definition) is 5. The zero-order valence-corrected chi connectivity index (χ0v) is 13.1. The summed E-state index contributed by atoms with van der Waals surface area (Å²) in [5, 5.41) is 11.8. The Morgan fingerprint density at radius 2 is 2.16 bits per heavy atom. The largest absolute Gasteiger partial charge is 0.477 e. The van der Waals surface area contributed by atoms with Gasteiger partial charge in [0.15, 0.2) is 11.5 Å². The molecule has 1 heterocycles. The lowest BCUT2D eigenvalue weighted by atomic mass is 10.3. The van der Waals surface area contributed by atoms with Crippen LogP contribution in [0.25, 0.3) is 0 Å². The van der Waals surface area contributed by atoms with E-state index in [1.54, 1.807) is 5.43 Å². The molecule has 0 aliphatic carbocycles. The number of carboxylic acids is 1. The number of halogens is 4. The highest BCUT2D eigenvalue weighted by atomic mass is 35.5. The van der Waals surface area contributed by atoms with Gasteiger partial charge in [0, 0.05) is 11.9 Å². The Morgan fingerprint density at radius 1 is 1.48 bits per heavy atom. The summed E-state index contributed by atoms with van der Waals surface area (Å²) < 4.78 is 37.1. The van der Waals surface area contributed by atoms with Gasteiger partial charge in [0.1, 0.15) is 0 Å². The maximum Gasteiger partial charge on any atom is 0.452 e. The molecule has 0 atom stereocenters. The minimum absolute atomic E-state index is 0.0497. The Hall–Kier alpha value is -2.86. The molecule has 1 aromatic heterocycles. The number of nitrogens with one attached hydrogen (secondary N) is 2. The fraction of sp³-hybridized carbons (Fsp3) is 0.167. The van der Waals surface area contributed by atoms with Gasteiger partial charge in [-0.3, -0.25) is 5.43 Å². The number of alkyl halides is 3. The first-order chi connectivity index (χ1) is 11.6. The van der Waals surface area contributed by atoms with Gasteiger partial charge in [-0.15, -0.1) is 0 Å². The summed E-state index contributed by atoms with van der Waals surface area (Å²) in [6.45, 7) is -0.364. The maximum atomic E-state index is 12.4. The van der Waals surface area contributed by atoms with E-state index in [-0.39, 0.29) is 23.1 Å². The molecule has 0 unspecified atom stereocenters. The van der Waals surface area contributed by atoms with E-state index in [0.717, 1.165) is 6.08 Å². The van der Waals surface area contributed by atoms with E-state index in [4.69, 9.17) is 22.4 Å². The van der Waals surface area contributed by atoms with Crippen molar-refractivity contribution in [2.75, 3.05) is 6.54 Å². The van der Waals surface area contributed by atoms with Crippen LogP contribution in [0.15, 0.2) is 40.2 Å². The quantitative estimate of drug-likeness (QED) is 0.211. The van der Waals surface area contributed by atoms with Crippen molar-refractivity contribution in [3.63, 3.8) is 0 Å². The lowest BCUT2D eigenvalue weighted by Gasteiger charge is -2.12. The number of pyridine rings is 1. The van der Waals surface area contributed by atoms with Crippen molar-refractivity contribution in [2.24, 2.45) is 21.7 Å². The van der Waals surface area contributed by atoms with E-state index in [0.29, 0.717) is 0 Å². The van der Waals surface area contributed by atoms with Crippen LogP contribution in [0.5, 0.6) is 0 Å². The van der Waals surface area contributed by atoms with Crippen LogP contribution in [0.1, 0.15) is 0 Å². The smallest absolute Gasteiger partial charge is 0.452 e. The molecule has 25 heavy (non-hydrogen) atoms. The van der Waals surface area contributed by atoms with Gasteiger partial charge in [-0.2, -0.15) is 18.3 Å². The number of aliphatic imine (C=N–C) groups is 1. The number of nitrogens with zero attached hydrogens (tertiary/aromatic N) is 3. The number of hydrogen-bond acceptors (Lipinski definition) is 7. The Kier molecular flexibility index (Phi) is 7.14. The molecule has 0 saturated heterocycles. The highest BCUT2D eigenvalue weighted by molar-refractivity contribution is 6.41. The van der Waals surface area contributed by atoms with Gasteiger partial charge in [0.2, 0.25) is 5.84 Å². The SMILES string of the molecule is N/N=C(\NNC/C(N)=C/C(=N/c1ncccc1Cl)C(=O)O)C(F)(F)F. The number of hydrazine groups is 1. The third-order valence-corrected chi connectivity index (χ3v) is 2.70. The predicted octanol–water partition coefficient (Wildman–Crippen LogP) is 0.663. The Morgan fingerprint density at radius 3 is 2.68 bits per heavy atom. The Balaban J connectivity index is 2.83. The average molecular weight is 380 g/mol. The molecule has 1 rings (SSSR count). The topological polar surface area (TPSA) is 151 Å². The molecule has 0 bridgehead atoms. The third-order valence-electron chi connectivity index (χ3n) is 2.40. The fourth-order valence-corrected chi connectivity index (χ4v) is 1.51. The number of amidine groups is 1. The Bertz CT molecular complexity index is 719. The zero-order valence-electron chi connectivity index (χ0n) is 12.4. The third kappa shape index (κ3) is 6.64. The molecule has 7 N–H and O–H groups in total. The van der Waals surface area contributed by atoms with Gasteiger partial charge in [0.05, 0.1) is 11.6 Å². The summed E-state index contributed by atoms with van der Waals surface area (Å²) in [6, 6.07) is 2.98. The van der Waals surface area contributed by atoms with E-state index < -0.39 is 23.7 Å². The lowest BCUT2D eigenvalue weighted by molar-refractivity contribution is -0.129. The van der Waals surface area contributed by atoms with Crippen LogP contribution in [-0.2, 0) is 4.79 Å². The summed E-state index contributed by atoms with van der Waals surface area (Å²) >= 11 is 5.82. The molecule has 9 nitrogen and oxygen atoms in total. The van der Waals surface area contributed by atoms with Crippen LogP contribution in [-0.4, -0.2) is 40.3 Å². The molecule has 0 aromatic carbocycles. The molecule has 136 valence electrons.